The van der Waals surface area contributed by atoms with Gasteiger partial charge in [-0.05, 0) is 63.1 Å². The van der Waals surface area contributed by atoms with E-state index >= 15 is 0 Å². The van der Waals surface area contributed by atoms with Crippen molar-refractivity contribution in [2.75, 3.05) is 18.0 Å². The molecule has 0 atom stereocenters. The minimum Gasteiger partial charge on any atom is -0.344 e. The monoisotopic (exact) mass is 487 g/mol. The molecule has 2 aromatic carbocycles. The Morgan fingerprint density at radius 2 is 1.70 bits per heavy atom. The first kappa shape index (κ1) is 25.9. The topological polar surface area (TPSA) is 34.4 Å². The normalized spacial score (nSPS) is 19.2. The van der Waals surface area contributed by atoms with Gasteiger partial charge in [0.2, 0.25) is 5.69 Å². The summed E-state index contributed by atoms with van der Waals surface area (Å²) in [5.74, 6) is 0. The van der Waals surface area contributed by atoms with Gasteiger partial charge < -0.3 is 4.90 Å². The number of rotatable bonds is 6. The Morgan fingerprint density at radius 3 is 2.35 bits per heavy atom. The van der Waals surface area contributed by atoms with E-state index in [2.05, 4.69) is 117 Å². The molecular weight excluding hydrogens is 452 g/mol. The van der Waals surface area contributed by atoms with Gasteiger partial charge in [-0.25, -0.2) is 10.1 Å². The summed E-state index contributed by atoms with van der Waals surface area (Å²) in [4.78, 5) is 5.77. The minimum atomic E-state index is -0.150. The van der Waals surface area contributed by atoms with Gasteiger partial charge in [0.25, 0.3) is 5.70 Å². The van der Waals surface area contributed by atoms with E-state index in [0.29, 0.717) is 0 Å². The molecule has 0 saturated carbocycles. The molecule has 186 valence electrons. The van der Waals surface area contributed by atoms with E-state index < -0.39 is 0 Å². The largest absolute Gasteiger partial charge is 0.344 e. The molecule has 4 heteroatoms. The van der Waals surface area contributed by atoms with Crippen molar-refractivity contribution in [1.29, 1.82) is 5.26 Å². The number of para-hydroxylation sites is 2. The number of hydrogen-bond acceptors (Lipinski definition) is 2. The first-order valence-corrected chi connectivity index (χ1v) is 12.9. The van der Waals surface area contributed by atoms with Crippen molar-refractivity contribution in [3.8, 4) is 6.07 Å². The Balaban J connectivity index is 1.81. The van der Waals surface area contributed by atoms with Crippen LogP contribution in [-0.4, -0.2) is 23.4 Å². The fourth-order valence-corrected chi connectivity index (χ4v) is 5.71. The molecule has 0 aliphatic carbocycles. The van der Waals surface area contributed by atoms with Gasteiger partial charge in [0.05, 0.1) is 18.1 Å². The van der Waals surface area contributed by atoms with Crippen molar-refractivity contribution in [3.05, 3.63) is 118 Å². The lowest BCUT2D eigenvalue weighted by Crippen LogP contribution is -2.27. The lowest BCUT2D eigenvalue weighted by atomic mass is 9.81. The van der Waals surface area contributed by atoms with Crippen LogP contribution >= 0.6 is 0 Å². The Morgan fingerprint density at radius 1 is 1.03 bits per heavy atom. The molecule has 4 rings (SSSR count). The molecule has 0 radical (unpaired) electrons. The van der Waals surface area contributed by atoms with Crippen LogP contribution in [-0.2, 0) is 10.8 Å². The highest BCUT2D eigenvalue weighted by Gasteiger charge is 2.43. The number of anilines is 1. The van der Waals surface area contributed by atoms with Gasteiger partial charge in [0, 0.05) is 41.1 Å². The van der Waals surface area contributed by atoms with Crippen LogP contribution in [0.2, 0.25) is 0 Å². The van der Waals surface area contributed by atoms with Crippen LogP contribution in [0.25, 0.3) is 4.85 Å². The molecular formula is C33H35N4+. The van der Waals surface area contributed by atoms with E-state index in [-0.39, 0.29) is 16.5 Å². The number of likely N-dealkylation sites (N-methyl/N-ethyl adjacent to an activating group) is 1. The third-order valence-corrected chi connectivity index (χ3v) is 7.64. The zero-order valence-electron chi connectivity index (χ0n) is 22.7. The fraction of sp³-hybridized carbons (Fsp3) is 0.303. The molecule has 2 heterocycles. The minimum absolute atomic E-state index is 0.0712. The van der Waals surface area contributed by atoms with Crippen LogP contribution in [0.15, 0.2) is 95.9 Å². The maximum absolute atomic E-state index is 9.48. The number of allylic oxidation sites excluding steroid dienone is 8. The zero-order chi connectivity index (χ0) is 26.8. The second-order valence-electron chi connectivity index (χ2n) is 10.5. The number of hydrogen-bond donors (Lipinski definition) is 0. The Kier molecular flexibility index (Phi) is 7.06. The molecule has 2 aromatic rings. The summed E-state index contributed by atoms with van der Waals surface area (Å²) in [5.41, 5.74) is 8.08. The third-order valence-electron chi connectivity index (χ3n) is 7.64. The number of nitrogens with zero attached hydrogens (tertiary/aromatic N) is 4. The van der Waals surface area contributed by atoms with Gasteiger partial charge in [-0.3, -0.25) is 0 Å². The van der Waals surface area contributed by atoms with Crippen LogP contribution in [0.3, 0.4) is 0 Å². The second-order valence-corrected chi connectivity index (χ2v) is 10.5. The predicted octanol–water partition coefficient (Wildman–Crippen LogP) is 7.59. The van der Waals surface area contributed by atoms with E-state index in [1.165, 1.54) is 33.9 Å². The number of nitriles is 1. The summed E-state index contributed by atoms with van der Waals surface area (Å²) < 4.78 is 2.35. The van der Waals surface area contributed by atoms with Gasteiger partial charge >= 0.3 is 0 Å². The van der Waals surface area contributed by atoms with Crippen molar-refractivity contribution < 1.29 is 4.58 Å². The standard InChI is InChI=1S/C33H35N4/c1-8-36-28-16-12-10-14-26(28)32(3,4)30(36)20-18-24(22-25(23-34)35-7)19-21-31-33(5,6)27-15-11-13-17-29(27)37(31)9-2/h10-22H,8-9H2,1-6H3/q+1/b25-22-. The molecule has 2 aliphatic rings. The summed E-state index contributed by atoms with van der Waals surface area (Å²) in [6.45, 7) is 22.5. The number of fused-ring (bicyclic) bond motifs is 2. The first-order valence-electron chi connectivity index (χ1n) is 12.9. The molecule has 0 aromatic heterocycles. The highest BCUT2D eigenvalue weighted by atomic mass is 15.2. The molecule has 4 nitrogen and oxygen atoms in total. The summed E-state index contributed by atoms with van der Waals surface area (Å²) in [6.07, 6.45) is 10.1. The maximum atomic E-state index is 9.48. The van der Waals surface area contributed by atoms with Crippen LogP contribution in [0.4, 0.5) is 11.4 Å². The Labute approximate surface area is 221 Å². The summed E-state index contributed by atoms with van der Waals surface area (Å²) in [7, 11) is 0. The molecule has 0 N–H and O–H groups in total. The van der Waals surface area contributed by atoms with Gasteiger partial charge in [-0.15, -0.1) is 0 Å². The average Bonchev–Trinajstić information content (AvgIpc) is 3.26. The fourth-order valence-electron chi connectivity index (χ4n) is 5.71. The average molecular weight is 488 g/mol. The van der Waals surface area contributed by atoms with E-state index in [9.17, 15) is 5.26 Å². The van der Waals surface area contributed by atoms with Crippen LogP contribution < -0.4 is 4.90 Å². The van der Waals surface area contributed by atoms with Crippen LogP contribution in [0, 0.1) is 17.9 Å². The molecule has 0 amide bonds. The molecule has 0 spiro atoms. The summed E-state index contributed by atoms with van der Waals surface area (Å²) in [6, 6.07) is 19.1. The highest BCUT2D eigenvalue weighted by Crippen LogP contribution is 2.47. The van der Waals surface area contributed by atoms with E-state index in [0.717, 1.165) is 18.7 Å². The Bertz CT molecular complexity index is 1450. The molecule has 0 unspecified atom stereocenters. The SMILES string of the molecule is [C-]#[N+]\C(C#N)=C/C(=C\C=C1\N(CC)c2ccccc2C1(C)C)/C=C/C1=[N+](CC)c2ccccc2C1(C)C. The van der Waals surface area contributed by atoms with E-state index in [1.807, 2.05) is 18.2 Å². The van der Waals surface area contributed by atoms with Gasteiger partial charge in [0.15, 0.2) is 5.71 Å². The van der Waals surface area contributed by atoms with Crippen LogP contribution in [0.5, 0.6) is 0 Å². The van der Waals surface area contributed by atoms with Crippen LogP contribution in [0.1, 0.15) is 52.7 Å². The van der Waals surface area contributed by atoms with Gasteiger partial charge in [0.1, 0.15) is 6.54 Å². The quantitative estimate of drug-likeness (QED) is 0.182. The molecule has 2 aliphatic heterocycles. The summed E-state index contributed by atoms with van der Waals surface area (Å²) in [5, 5.41) is 9.48. The Hall–Kier alpha value is -4.15. The number of benzene rings is 2. The van der Waals surface area contributed by atoms with Crippen molar-refractivity contribution in [2.24, 2.45) is 0 Å². The third kappa shape index (κ3) is 4.45. The molecule has 37 heavy (non-hydrogen) atoms. The lowest BCUT2D eigenvalue weighted by Gasteiger charge is -2.26. The van der Waals surface area contributed by atoms with Gasteiger partial charge in [-0.2, -0.15) is 4.58 Å². The lowest BCUT2D eigenvalue weighted by molar-refractivity contribution is -0.433. The van der Waals surface area contributed by atoms with Crippen molar-refractivity contribution in [1.82, 2.24) is 0 Å². The van der Waals surface area contributed by atoms with Crippen molar-refractivity contribution in [2.45, 2.75) is 52.4 Å². The zero-order valence-corrected chi connectivity index (χ0v) is 22.7. The molecule has 0 bridgehead atoms. The molecule has 0 saturated heterocycles. The first-order chi connectivity index (χ1) is 17.7. The predicted molar refractivity (Wildman–Crippen MR) is 153 cm³/mol. The second kappa shape index (κ2) is 10.1. The van der Waals surface area contributed by atoms with E-state index in [1.54, 1.807) is 6.08 Å². The van der Waals surface area contributed by atoms with Crippen molar-refractivity contribution in [3.63, 3.8) is 0 Å². The smallest absolute Gasteiger partial charge is 0.262 e. The van der Waals surface area contributed by atoms with Gasteiger partial charge in [-0.1, -0.05) is 56.3 Å². The van der Waals surface area contributed by atoms with E-state index in [4.69, 9.17) is 6.57 Å². The summed E-state index contributed by atoms with van der Waals surface area (Å²) >= 11 is 0. The van der Waals surface area contributed by atoms with Crippen molar-refractivity contribution >= 4 is 17.1 Å². The molecule has 0 fully saturated rings. The maximum Gasteiger partial charge on any atom is 0.262 e. The highest BCUT2D eigenvalue weighted by molar-refractivity contribution is 6.03.